The fraction of sp³-hybridized carbons (Fsp3) is 0.128. The minimum absolute atomic E-state index is 0.261. The predicted octanol–water partition coefficient (Wildman–Crippen LogP) is 9.87. The van der Waals surface area contributed by atoms with E-state index in [9.17, 15) is 0 Å². The molecule has 0 bridgehead atoms. The fourth-order valence-electron chi connectivity index (χ4n) is 7.67. The van der Waals surface area contributed by atoms with Crippen molar-refractivity contribution >= 4 is 22.6 Å². The molecule has 2 aliphatic carbocycles. The summed E-state index contributed by atoms with van der Waals surface area (Å²) in [6.45, 7) is 4.57. The SMILES string of the molecule is Cc1ccc(C2C3=C(C=CC2C)c2ccccc2C32c3ccccc3N(c3ccccc3)c3ccccc32)cc1. The Bertz CT molecular complexity index is 1780. The number of aryl methyl sites for hydroxylation is 1. The van der Waals surface area contributed by atoms with E-state index in [2.05, 4.69) is 158 Å². The molecule has 1 spiro atoms. The Morgan fingerprint density at radius 2 is 1.18 bits per heavy atom. The van der Waals surface area contributed by atoms with Crippen molar-refractivity contribution in [2.75, 3.05) is 4.90 Å². The molecule has 0 fully saturated rings. The Morgan fingerprint density at radius 3 is 1.85 bits per heavy atom. The Balaban J connectivity index is 1.52. The average molecular weight is 514 g/mol. The first-order chi connectivity index (χ1) is 19.7. The second-order valence-corrected chi connectivity index (χ2v) is 11.4. The number of fused-ring (bicyclic) bond motifs is 8. The smallest absolute Gasteiger partial charge is 0.0723 e. The van der Waals surface area contributed by atoms with Crippen LogP contribution in [0.3, 0.4) is 0 Å². The molecule has 1 heteroatoms. The summed E-state index contributed by atoms with van der Waals surface area (Å²) in [6.07, 6.45) is 4.84. The largest absolute Gasteiger partial charge is 0.310 e. The molecule has 1 aliphatic heterocycles. The minimum Gasteiger partial charge on any atom is -0.310 e. The van der Waals surface area contributed by atoms with Gasteiger partial charge in [-0.2, -0.15) is 0 Å². The number of hydrogen-bond donors (Lipinski definition) is 0. The molecule has 5 aromatic carbocycles. The highest BCUT2D eigenvalue weighted by Crippen LogP contribution is 2.66. The van der Waals surface area contributed by atoms with Gasteiger partial charge < -0.3 is 4.90 Å². The molecule has 0 N–H and O–H groups in total. The number of rotatable bonds is 2. The van der Waals surface area contributed by atoms with Crippen LogP contribution in [0.5, 0.6) is 0 Å². The monoisotopic (exact) mass is 513 g/mol. The van der Waals surface area contributed by atoms with Crippen LogP contribution in [0.4, 0.5) is 17.1 Å². The van der Waals surface area contributed by atoms with E-state index in [1.807, 2.05) is 0 Å². The average Bonchev–Trinajstić information content (AvgIpc) is 3.29. The van der Waals surface area contributed by atoms with E-state index in [4.69, 9.17) is 0 Å². The van der Waals surface area contributed by atoms with Crippen LogP contribution in [0.1, 0.15) is 46.2 Å². The van der Waals surface area contributed by atoms with Crippen LogP contribution >= 0.6 is 0 Å². The van der Waals surface area contributed by atoms with Crippen molar-refractivity contribution in [2.45, 2.75) is 25.2 Å². The van der Waals surface area contributed by atoms with Gasteiger partial charge in [0, 0.05) is 11.6 Å². The highest BCUT2D eigenvalue weighted by atomic mass is 15.2. The van der Waals surface area contributed by atoms with Crippen molar-refractivity contribution in [3.8, 4) is 0 Å². The van der Waals surface area contributed by atoms with Gasteiger partial charge in [0.15, 0.2) is 0 Å². The number of nitrogens with zero attached hydrogens (tertiary/aromatic N) is 1. The van der Waals surface area contributed by atoms with Crippen LogP contribution in [0.25, 0.3) is 5.57 Å². The number of allylic oxidation sites excluding steroid dienone is 4. The van der Waals surface area contributed by atoms with Gasteiger partial charge in [0.25, 0.3) is 0 Å². The second kappa shape index (κ2) is 8.69. The third-order valence-electron chi connectivity index (χ3n) is 9.27. The van der Waals surface area contributed by atoms with Gasteiger partial charge in [-0.15, -0.1) is 0 Å². The van der Waals surface area contributed by atoms with Crippen LogP contribution in [0, 0.1) is 12.8 Å². The number of para-hydroxylation sites is 3. The van der Waals surface area contributed by atoms with E-state index in [-0.39, 0.29) is 11.3 Å². The van der Waals surface area contributed by atoms with Crippen LogP contribution < -0.4 is 4.90 Å². The lowest BCUT2D eigenvalue weighted by atomic mass is 9.58. The van der Waals surface area contributed by atoms with E-state index in [0.29, 0.717) is 5.92 Å². The van der Waals surface area contributed by atoms with E-state index in [1.54, 1.807) is 0 Å². The highest BCUT2D eigenvalue weighted by molar-refractivity contribution is 5.98. The van der Waals surface area contributed by atoms with Crippen LogP contribution in [0.2, 0.25) is 0 Å². The molecule has 2 atom stereocenters. The molecule has 0 radical (unpaired) electrons. The number of anilines is 3. The molecular formula is C39H31N. The molecule has 1 nitrogen and oxygen atoms in total. The zero-order valence-corrected chi connectivity index (χ0v) is 22.9. The van der Waals surface area contributed by atoms with E-state index in [1.165, 1.54) is 61.6 Å². The summed E-state index contributed by atoms with van der Waals surface area (Å²) >= 11 is 0. The van der Waals surface area contributed by atoms with Gasteiger partial charge in [0.05, 0.1) is 16.8 Å². The lowest BCUT2D eigenvalue weighted by molar-refractivity contribution is 0.546. The summed E-state index contributed by atoms with van der Waals surface area (Å²) in [5.41, 5.74) is 14.3. The Morgan fingerprint density at radius 1 is 0.600 bits per heavy atom. The fourth-order valence-corrected chi connectivity index (χ4v) is 7.67. The molecule has 0 saturated carbocycles. The summed E-state index contributed by atoms with van der Waals surface area (Å²) < 4.78 is 0. The Labute approximate surface area is 236 Å². The van der Waals surface area contributed by atoms with Crippen molar-refractivity contribution in [2.24, 2.45) is 5.92 Å². The first kappa shape index (κ1) is 23.3. The molecule has 8 rings (SSSR count). The second-order valence-electron chi connectivity index (χ2n) is 11.4. The maximum atomic E-state index is 2.46. The standard InChI is InChI=1S/C39H31N/c1-26-20-23-28(24-21-26)37-27(2)22-25-31-30-14-6-7-15-32(30)39(38(31)37)33-16-8-10-18-35(33)40(29-12-4-3-5-13-29)36-19-11-9-17-34(36)39/h3-25,27,37H,1-2H3. The third kappa shape index (κ3) is 3.04. The van der Waals surface area contributed by atoms with Gasteiger partial charge in [0.1, 0.15) is 0 Å². The summed E-state index contributed by atoms with van der Waals surface area (Å²) in [4.78, 5) is 2.46. The topological polar surface area (TPSA) is 3.24 Å². The molecule has 40 heavy (non-hydrogen) atoms. The minimum atomic E-state index is -0.390. The highest BCUT2D eigenvalue weighted by Gasteiger charge is 2.55. The normalized spacial score (nSPS) is 19.7. The van der Waals surface area contributed by atoms with Gasteiger partial charge in [-0.05, 0) is 76.1 Å². The van der Waals surface area contributed by atoms with E-state index in [0.717, 1.165) is 0 Å². The molecule has 0 saturated heterocycles. The lowest BCUT2D eigenvalue weighted by Crippen LogP contribution is -2.39. The summed E-state index contributed by atoms with van der Waals surface area (Å²) in [6, 6.07) is 47.4. The quantitative estimate of drug-likeness (QED) is 0.227. The van der Waals surface area contributed by atoms with Crippen molar-refractivity contribution in [1.82, 2.24) is 0 Å². The van der Waals surface area contributed by atoms with Crippen LogP contribution in [-0.4, -0.2) is 0 Å². The Kier molecular flexibility index (Phi) is 5.06. The van der Waals surface area contributed by atoms with E-state index >= 15 is 0 Å². The van der Waals surface area contributed by atoms with Gasteiger partial charge in [-0.25, -0.2) is 0 Å². The number of hydrogen-bond acceptors (Lipinski definition) is 1. The van der Waals surface area contributed by atoms with Crippen LogP contribution in [0.15, 0.2) is 145 Å². The van der Waals surface area contributed by atoms with Crippen LogP contribution in [-0.2, 0) is 5.41 Å². The first-order valence-corrected chi connectivity index (χ1v) is 14.3. The van der Waals surface area contributed by atoms with Crippen molar-refractivity contribution < 1.29 is 0 Å². The van der Waals surface area contributed by atoms with Gasteiger partial charge in [-0.3, -0.25) is 0 Å². The maximum absolute atomic E-state index is 2.46. The number of benzene rings is 5. The first-order valence-electron chi connectivity index (χ1n) is 14.3. The zero-order chi connectivity index (χ0) is 26.8. The van der Waals surface area contributed by atoms with Crippen molar-refractivity contribution in [3.05, 3.63) is 178 Å². The summed E-state index contributed by atoms with van der Waals surface area (Å²) in [5.74, 6) is 0.636. The third-order valence-corrected chi connectivity index (χ3v) is 9.27. The molecule has 2 unspecified atom stereocenters. The van der Waals surface area contributed by atoms with E-state index < -0.39 is 0 Å². The molecule has 0 amide bonds. The molecule has 3 aliphatic rings. The summed E-state index contributed by atoms with van der Waals surface area (Å²) in [5, 5.41) is 0. The summed E-state index contributed by atoms with van der Waals surface area (Å²) in [7, 11) is 0. The van der Waals surface area contributed by atoms with Gasteiger partial charge in [0.2, 0.25) is 0 Å². The van der Waals surface area contributed by atoms with Crippen molar-refractivity contribution in [1.29, 1.82) is 0 Å². The Hall–Kier alpha value is -4.62. The molecule has 1 heterocycles. The van der Waals surface area contributed by atoms with Crippen molar-refractivity contribution in [3.63, 3.8) is 0 Å². The molecule has 0 aromatic heterocycles. The maximum Gasteiger partial charge on any atom is 0.0723 e. The molecular weight excluding hydrogens is 482 g/mol. The zero-order valence-electron chi connectivity index (χ0n) is 22.9. The molecule has 5 aromatic rings. The predicted molar refractivity (Wildman–Crippen MR) is 167 cm³/mol. The lowest BCUT2D eigenvalue weighted by Gasteiger charge is -2.48. The van der Waals surface area contributed by atoms with Gasteiger partial charge >= 0.3 is 0 Å². The van der Waals surface area contributed by atoms with Gasteiger partial charge in [-0.1, -0.05) is 128 Å². The molecule has 192 valence electrons.